The zero-order chi connectivity index (χ0) is 10.6. The molecule has 5 heteroatoms. The second-order valence-electron chi connectivity index (χ2n) is 3.97. The smallest absolute Gasteiger partial charge is 0.405 e. The highest BCUT2D eigenvalue weighted by atomic mass is 19.4. The van der Waals surface area contributed by atoms with Crippen molar-refractivity contribution >= 4 is 5.97 Å². The molecule has 2 rings (SSSR count). The Morgan fingerprint density at radius 1 is 1.43 bits per heavy atom. The zero-order valence-electron chi connectivity index (χ0n) is 7.21. The number of rotatable bonds is 1. The number of fused-ring (bicyclic) bond motifs is 2. The van der Waals surface area contributed by atoms with Crippen molar-refractivity contribution < 1.29 is 23.1 Å². The van der Waals surface area contributed by atoms with Gasteiger partial charge in [-0.2, -0.15) is 13.2 Å². The van der Waals surface area contributed by atoms with Gasteiger partial charge in [0.1, 0.15) is 0 Å². The van der Waals surface area contributed by atoms with Crippen LogP contribution >= 0.6 is 0 Å². The van der Waals surface area contributed by atoms with Crippen LogP contribution in [-0.4, -0.2) is 17.3 Å². The molecule has 0 saturated heterocycles. The first-order valence-corrected chi connectivity index (χ1v) is 4.36. The Morgan fingerprint density at radius 2 is 2.07 bits per heavy atom. The number of carbonyl (C=O) groups is 1. The molecule has 0 aliphatic heterocycles. The van der Waals surface area contributed by atoms with Gasteiger partial charge >= 0.3 is 12.1 Å². The van der Waals surface area contributed by atoms with Gasteiger partial charge < -0.3 is 5.11 Å². The number of alkyl halides is 3. The van der Waals surface area contributed by atoms with Crippen molar-refractivity contribution in [3.8, 4) is 0 Å². The third-order valence-electron chi connectivity index (χ3n) is 3.28. The molecule has 3 atom stereocenters. The second-order valence-corrected chi connectivity index (χ2v) is 3.97. The van der Waals surface area contributed by atoms with Gasteiger partial charge in [0.15, 0.2) is 5.41 Å². The number of hydrogen-bond donors (Lipinski definition) is 1. The minimum absolute atomic E-state index is 0.210. The summed E-state index contributed by atoms with van der Waals surface area (Å²) in [5.41, 5.74) is -2.52. The summed E-state index contributed by atoms with van der Waals surface area (Å²) >= 11 is 0. The van der Waals surface area contributed by atoms with Crippen LogP contribution in [0.3, 0.4) is 0 Å². The minimum atomic E-state index is -4.65. The number of halogens is 3. The quantitative estimate of drug-likeness (QED) is 0.668. The molecule has 2 aliphatic rings. The maximum absolute atomic E-state index is 12.7. The Morgan fingerprint density at radius 3 is 2.29 bits per heavy atom. The van der Waals surface area contributed by atoms with E-state index < -0.39 is 23.5 Å². The Kier molecular flexibility index (Phi) is 1.72. The maximum atomic E-state index is 12.7. The van der Waals surface area contributed by atoms with Crippen molar-refractivity contribution in [2.24, 2.45) is 17.3 Å². The van der Waals surface area contributed by atoms with Gasteiger partial charge in [-0.1, -0.05) is 12.2 Å². The van der Waals surface area contributed by atoms with Crippen LogP contribution in [0.25, 0.3) is 0 Å². The van der Waals surface area contributed by atoms with E-state index in [0.29, 0.717) is 6.42 Å². The molecule has 0 radical (unpaired) electrons. The zero-order valence-corrected chi connectivity index (χ0v) is 7.21. The fourth-order valence-corrected chi connectivity index (χ4v) is 2.55. The van der Waals surface area contributed by atoms with E-state index in [0.717, 1.165) is 0 Å². The largest absolute Gasteiger partial charge is 0.481 e. The highest BCUT2D eigenvalue weighted by Gasteiger charge is 2.68. The Balaban J connectivity index is 2.44. The number of hydrogen-bond acceptors (Lipinski definition) is 1. The van der Waals surface area contributed by atoms with E-state index in [1.165, 1.54) is 6.08 Å². The lowest BCUT2D eigenvalue weighted by atomic mass is 9.75. The number of aliphatic carboxylic acids is 1. The maximum Gasteiger partial charge on any atom is 0.405 e. The Bertz CT molecular complexity index is 308. The van der Waals surface area contributed by atoms with Crippen molar-refractivity contribution in [1.29, 1.82) is 0 Å². The van der Waals surface area contributed by atoms with Crippen LogP contribution in [-0.2, 0) is 4.79 Å². The van der Waals surface area contributed by atoms with Crippen molar-refractivity contribution in [2.45, 2.75) is 19.0 Å². The van der Waals surface area contributed by atoms with Crippen molar-refractivity contribution in [1.82, 2.24) is 0 Å². The number of carboxylic acid groups (broad SMARTS) is 1. The molecule has 0 aromatic carbocycles. The molecular weight excluding hydrogens is 197 g/mol. The van der Waals surface area contributed by atoms with Crippen LogP contribution in [0.4, 0.5) is 13.2 Å². The van der Waals surface area contributed by atoms with Crippen LogP contribution in [0, 0.1) is 17.3 Å². The second kappa shape index (κ2) is 2.52. The first kappa shape index (κ1) is 9.55. The van der Waals surface area contributed by atoms with Gasteiger partial charge in [0.25, 0.3) is 0 Å². The first-order chi connectivity index (χ1) is 6.38. The Hall–Kier alpha value is -1.00. The van der Waals surface area contributed by atoms with E-state index in [2.05, 4.69) is 0 Å². The summed E-state index contributed by atoms with van der Waals surface area (Å²) in [5, 5.41) is 8.77. The number of allylic oxidation sites excluding steroid dienone is 2. The lowest BCUT2D eigenvalue weighted by Gasteiger charge is -2.32. The summed E-state index contributed by atoms with van der Waals surface area (Å²) in [6.45, 7) is 0. The summed E-state index contributed by atoms with van der Waals surface area (Å²) in [6.07, 6.45) is -1.53. The van der Waals surface area contributed by atoms with Crippen molar-refractivity contribution in [3.63, 3.8) is 0 Å². The average molecular weight is 206 g/mol. The van der Waals surface area contributed by atoms with Gasteiger partial charge in [-0.15, -0.1) is 0 Å². The average Bonchev–Trinajstić information content (AvgIpc) is 2.59. The van der Waals surface area contributed by atoms with Gasteiger partial charge in [-0.3, -0.25) is 4.79 Å². The molecule has 14 heavy (non-hydrogen) atoms. The van der Waals surface area contributed by atoms with Crippen LogP contribution < -0.4 is 0 Å². The van der Waals surface area contributed by atoms with Gasteiger partial charge in [0.05, 0.1) is 0 Å². The van der Waals surface area contributed by atoms with E-state index in [4.69, 9.17) is 5.11 Å². The van der Waals surface area contributed by atoms with E-state index in [1.54, 1.807) is 6.08 Å². The fourth-order valence-electron chi connectivity index (χ4n) is 2.55. The monoisotopic (exact) mass is 206 g/mol. The van der Waals surface area contributed by atoms with Crippen molar-refractivity contribution in [3.05, 3.63) is 12.2 Å². The first-order valence-electron chi connectivity index (χ1n) is 4.36. The predicted molar refractivity (Wildman–Crippen MR) is 41.5 cm³/mol. The molecule has 0 amide bonds. The van der Waals surface area contributed by atoms with Gasteiger partial charge in [-0.25, -0.2) is 0 Å². The normalized spacial score (nSPS) is 40.5. The summed E-state index contributed by atoms with van der Waals surface area (Å²) in [7, 11) is 0. The molecule has 2 bridgehead atoms. The van der Waals surface area contributed by atoms with Gasteiger partial charge in [0.2, 0.25) is 0 Å². The van der Waals surface area contributed by atoms with Gasteiger partial charge in [-0.05, 0) is 18.8 Å². The van der Waals surface area contributed by atoms with Gasteiger partial charge in [0, 0.05) is 5.92 Å². The third kappa shape index (κ3) is 0.952. The molecule has 0 heterocycles. The summed E-state index contributed by atoms with van der Waals surface area (Å²) in [5.74, 6) is -2.82. The summed E-state index contributed by atoms with van der Waals surface area (Å²) in [4.78, 5) is 10.8. The van der Waals surface area contributed by atoms with Crippen LogP contribution in [0.15, 0.2) is 12.2 Å². The molecule has 78 valence electrons. The SMILES string of the molecule is O=C(O)[C@]1(C(F)(F)F)C[C@H]2C=C[C@@H]1C2. The van der Waals surface area contributed by atoms with Crippen LogP contribution in [0.2, 0.25) is 0 Å². The standard InChI is InChI=1S/C9H9F3O2/c10-9(11,12)8(7(13)14)4-5-1-2-6(8)3-5/h1-2,5-6H,3-4H2,(H,13,14)/t5-,6+,8-/m0/s1. The topological polar surface area (TPSA) is 37.3 Å². The van der Waals surface area contributed by atoms with E-state index >= 15 is 0 Å². The summed E-state index contributed by atoms with van der Waals surface area (Å²) < 4.78 is 38.1. The van der Waals surface area contributed by atoms with E-state index in [-0.39, 0.29) is 12.3 Å². The molecule has 2 aliphatic carbocycles. The number of carboxylic acids is 1. The molecule has 1 N–H and O–H groups in total. The lowest BCUT2D eigenvalue weighted by molar-refractivity contribution is -0.238. The lowest BCUT2D eigenvalue weighted by Crippen LogP contribution is -2.48. The Labute approximate surface area is 78.4 Å². The van der Waals surface area contributed by atoms with Crippen molar-refractivity contribution in [2.75, 3.05) is 0 Å². The predicted octanol–water partition coefficient (Wildman–Crippen LogP) is 2.22. The highest BCUT2D eigenvalue weighted by molar-refractivity contribution is 5.77. The molecule has 0 unspecified atom stereocenters. The van der Waals surface area contributed by atoms with E-state index in [1.807, 2.05) is 0 Å². The third-order valence-corrected chi connectivity index (χ3v) is 3.28. The van der Waals surface area contributed by atoms with Crippen LogP contribution in [0.5, 0.6) is 0 Å². The molecular formula is C9H9F3O2. The molecule has 1 fully saturated rings. The molecule has 0 aromatic rings. The molecule has 1 saturated carbocycles. The molecule has 2 nitrogen and oxygen atoms in total. The molecule has 0 aromatic heterocycles. The minimum Gasteiger partial charge on any atom is -0.481 e. The molecule has 0 spiro atoms. The highest BCUT2D eigenvalue weighted by Crippen LogP contribution is 2.59. The fraction of sp³-hybridized carbons (Fsp3) is 0.667. The summed E-state index contributed by atoms with van der Waals surface area (Å²) in [6, 6.07) is 0. The van der Waals surface area contributed by atoms with Crippen LogP contribution in [0.1, 0.15) is 12.8 Å². The van der Waals surface area contributed by atoms with E-state index in [9.17, 15) is 18.0 Å².